The number of fused-ring (bicyclic) bond motifs is 1. The smallest absolute Gasteiger partial charge is 0.292 e. The van der Waals surface area contributed by atoms with E-state index in [0.717, 1.165) is 5.56 Å². The summed E-state index contributed by atoms with van der Waals surface area (Å²) in [6.07, 6.45) is 1.61. The summed E-state index contributed by atoms with van der Waals surface area (Å²) in [7, 11) is 0. The summed E-state index contributed by atoms with van der Waals surface area (Å²) in [5.74, 6) is 1.71. The zero-order chi connectivity index (χ0) is 15.6. The van der Waals surface area contributed by atoms with Gasteiger partial charge in [-0.1, -0.05) is 6.07 Å². The number of ether oxygens (including phenoxy) is 2. The molecule has 3 heterocycles. The summed E-state index contributed by atoms with van der Waals surface area (Å²) >= 11 is 0. The number of aromatic amines is 2. The number of hydrogen-bond donors (Lipinski definition) is 2. The van der Waals surface area contributed by atoms with E-state index < -0.39 is 0 Å². The molecular formula is C15H11N5O3. The van der Waals surface area contributed by atoms with Crippen molar-refractivity contribution in [2.75, 3.05) is 6.79 Å². The third-order valence-corrected chi connectivity index (χ3v) is 3.32. The maximum Gasteiger partial charge on any atom is 0.292 e. The van der Waals surface area contributed by atoms with Crippen LogP contribution in [0.1, 0.15) is 0 Å². The summed E-state index contributed by atoms with van der Waals surface area (Å²) in [6.45, 7) is 0.189. The highest BCUT2D eigenvalue weighted by atomic mass is 16.7. The molecule has 4 rings (SSSR count). The van der Waals surface area contributed by atoms with Crippen molar-refractivity contribution < 1.29 is 9.47 Å². The first-order chi connectivity index (χ1) is 11.3. The molecular weight excluding hydrogens is 298 g/mol. The van der Waals surface area contributed by atoms with Gasteiger partial charge in [0.2, 0.25) is 6.79 Å². The molecule has 1 aliphatic heterocycles. The van der Waals surface area contributed by atoms with E-state index in [1.54, 1.807) is 36.5 Å². The van der Waals surface area contributed by atoms with Crippen molar-refractivity contribution in [3.05, 3.63) is 52.9 Å². The molecule has 0 saturated carbocycles. The molecule has 1 aliphatic rings. The average molecular weight is 309 g/mol. The van der Waals surface area contributed by atoms with Gasteiger partial charge in [0.15, 0.2) is 23.0 Å². The number of nitrogens with zero attached hydrogens (tertiary/aromatic N) is 3. The SMILES string of the molecule is O=c1[nH][nH]c(-c2ccc3c(c2)OCO3)c1N=Nc1ccccn1. The van der Waals surface area contributed by atoms with E-state index in [9.17, 15) is 4.79 Å². The van der Waals surface area contributed by atoms with Crippen molar-refractivity contribution in [1.82, 2.24) is 15.2 Å². The standard InChI is InChI=1S/C15H11N5O3/c21-15-14(19-17-12-3-1-2-6-16-12)13(18-20-15)9-4-5-10-11(7-9)23-8-22-10/h1-7H,8H2,(H2,18,20,21). The van der Waals surface area contributed by atoms with Crippen molar-refractivity contribution in [1.29, 1.82) is 0 Å². The second kappa shape index (κ2) is 5.41. The number of azo groups is 1. The molecule has 0 fully saturated rings. The molecule has 0 aliphatic carbocycles. The summed E-state index contributed by atoms with van der Waals surface area (Å²) in [4.78, 5) is 16.0. The van der Waals surface area contributed by atoms with Crippen molar-refractivity contribution in [2.45, 2.75) is 0 Å². The minimum Gasteiger partial charge on any atom is -0.454 e. The molecule has 114 valence electrons. The van der Waals surface area contributed by atoms with Crippen molar-refractivity contribution >= 4 is 11.5 Å². The first kappa shape index (κ1) is 13.3. The highest BCUT2D eigenvalue weighted by molar-refractivity contribution is 5.73. The summed E-state index contributed by atoms with van der Waals surface area (Å²) in [5, 5.41) is 13.3. The molecule has 0 spiro atoms. The molecule has 1 aromatic carbocycles. The van der Waals surface area contributed by atoms with E-state index in [0.29, 0.717) is 23.0 Å². The van der Waals surface area contributed by atoms with Gasteiger partial charge in [-0.25, -0.2) is 4.98 Å². The Balaban J connectivity index is 1.73. The number of nitrogens with one attached hydrogen (secondary N) is 2. The molecule has 0 bridgehead atoms. The minimum atomic E-state index is -0.364. The molecule has 3 aromatic rings. The lowest BCUT2D eigenvalue weighted by Gasteiger charge is -2.01. The van der Waals surface area contributed by atoms with Gasteiger partial charge >= 0.3 is 0 Å². The third kappa shape index (κ3) is 2.46. The Kier molecular flexibility index (Phi) is 3.12. The number of aromatic nitrogens is 3. The Bertz CT molecular complexity index is 930. The topological polar surface area (TPSA) is 105 Å². The number of hydrogen-bond acceptors (Lipinski definition) is 6. The van der Waals surface area contributed by atoms with Crippen molar-refractivity contribution in [2.24, 2.45) is 10.2 Å². The number of H-pyrrole nitrogens is 2. The number of rotatable bonds is 3. The highest BCUT2D eigenvalue weighted by Gasteiger charge is 2.17. The van der Waals surface area contributed by atoms with Gasteiger partial charge in [-0.3, -0.25) is 15.0 Å². The van der Waals surface area contributed by atoms with Gasteiger partial charge in [-0.2, -0.15) is 0 Å². The fourth-order valence-corrected chi connectivity index (χ4v) is 2.22. The molecule has 0 amide bonds. The first-order valence-electron chi connectivity index (χ1n) is 6.85. The van der Waals surface area contributed by atoms with E-state index in [1.807, 2.05) is 6.07 Å². The molecule has 0 radical (unpaired) electrons. The van der Waals surface area contributed by atoms with Crippen LogP contribution in [0, 0.1) is 0 Å². The maximum atomic E-state index is 12.0. The van der Waals surface area contributed by atoms with Crippen LogP contribution in [0.15, 0.2) is 57.6 Å². The minimum absolute atomic E-state index is 0.175. The van der Waals surface area contributed by atoms with Crippen molar-refractivity contribution in [3.63, 3.8) is 0 Å². The molecule has 0 atom stereocenters. The largest absolute Gasteiger partial charge is 0.454 e. The molecule has 2 N–H and O–H groups in total. The predicted molar refractivity (Wildman–Crippen MR) is 81.4 cm³/mol. The zero-order valence-electron chi connectivity index (χ0n) is 11.8. The van der Waals surface area contributed by atoms with Crippen LogP contribution in [0.2, 0.25) is 0 Å². The van der Waals surface area contributed by atoms with Gasteiger partial charge < -0.3 is 9.47 Å². The lowest BCUT2D eigenvalue weighted by molar-refractivity contribution is 0.174. The molecule has 2 aromatic heterocycles. The van der Waals surface area contributed by atoms with Gasteiger partial charge in [0.1, 0.15) is 0 Å². The number of pyridine rings is 1. The predicted octanol–water partition coefficient (Wildman–Crippen LogP) is 2.91. The second-order valence-corrected chi connectivity index (χ2v) is 4.76. The van der Waals surface area contributed by atoms with Gasteiger partial charge in [0.05, 0.1) is 5.69 Å². The van der Waals surface area contributed by atoms with E-state index in [2.05, 4.69) is 25.4 Å². The average Bonchev–Trinajstić information content (AvgIpc) is 3.19. The van der Waals surface area contributed by atoms with Crippen LogP contribution in [0.3, 0.4) is 0 Å². The van der Waals surface area contributed by atoms with Crippen LogP contribution in [-0.2, 0) is 0 Å². The summed E-state index contributed by atoms with van der Waals surface area (Å²) < 4.78 is 10.6. The fourth-order valence-electron chi connectivity index (χ4n) is 2.22. The number of benzene rings is 1. The van der Waals surface area contributed by atoms with Crippen LogP contribution in [0.4, 0.5) is 11.5 Å². The van der Waals surface area contributed by atoms with E-state index in [1.165, 1.54) is 0 Å². The van der Waals surface area contributed by atoms with Gasteiger partial charge in [-0.05, 0) is 30.3 Å². The van der Waals surface area contributed by atoms with Crippen LogP contribution in [0.5, 0.6) is 11.5 Å². The molecule has 23 heavy (non-hydrogen) atoms. The Morgan fingerprint density at radius 1 is 1.04 bits per heavy atom. The van der Waals surface area contributed by atoms with Gasteiger partial charge in [-0.15, -0.1) is 10.2 Å². The van der Waals surface area contributed by atoms with Crippen LogP contribution in [0.25, 0.3) is 11.3 Å². The highest BCUT2D eigenvalue weighted by Crippen LogP contribution is 2.37. The lowest BCUT2D eigenvalue weighted by Crippen LogP contribution is -1.96. The quantitative estimate of drug-likeness (QED) is 0.726. The Labute approximate surface area is 129 Å². The molecule has 0 unspecified atom stereocenters. The maximum absolute atomic E-state index is 12.0. The molecule has 0 saturated heterocycles. The van der Waals surface area contributed by atoms with Gasteiger partial charge in [0.25, 0.3) is 5.56 Å². The molecule has 8 heteroatoms. The Hall–Kier alpha value is -3.42. The van der Waals surface area contributed by atoms with E-state index >= 15 is 0 Å². The second-order valence-electron chi connectivity index (χ2n) is 4.76. The zero-order valence-corrected chi connectivity index (χ0v) is 11.8. The van der Waals surface area contributed by atoms with Crippen LogP contribution < -0.4 is 15.0 Å². The van der Waals surface area contributed by atoms with Crippen LogP contribution in [-0.4, -0.2) is 22.0 Å². The third-order valence-electron chi connectivity index (χ3n) is 3.32. The van der Waals surface area contributed by atoms with Crippen molar-refractivity contribution in [3.8, 4) is 22.8 Å². The summed E-state index contributed by atoms with van der Waals surface area (Å²) in [5.41, 5.74) is 1.07. The summed E-state index contributed by atoms with van der Waals surface area (Å²) in [6, 6.07) is 10.6. The Morgan fingerprint density at radius 2 is 1.96 bits per heavy atom. The fraction of sp³-hybridized carbons (Fsp3) is 0.0667. The first-order valence-corrected chi connectivity index (χ1v) is 6.85. The van der Waals surface area contributed by atoms with Crippen LogP contribution >= 0.6 is 0 Å². The van der Waals surface area contributed by atoms with E-state index in [-0.39, 0.29) is 18.0 Å². The monoisotopic (exact) mass is 309 g/mol. The lowest BCUT2D eigenvalue weighted by atomic mass is 10.1. The van der Waals surface area contributed by atoms with Gasteiger partial charge in [0, 0.05) is 11.8 Å². The van der Waals surface area contributed by atoms with E-state index in [4.69, 9.17) is 9.47 Å². The Morgan fingerprint density at radius 3 is 2.83 bits per heavy atom. The normalized spacial score (nSPS) is 12.9. The molecule has 8 nitrogen and oxygen atoms in total.